The van der Waals surface area contributed by atoms with Crippen LogP contribution in [0.25, 0.3) is 0 Å². The van der Waals surface area contributed by atoms with E-state index >= 15 is 0 Å². The molecule has 2 aliphatic rings. The summed E-state index contributed by atoms with van der Waals surface area (Å²) in [4.78, 5) is 33.4. The van der Waals surface area contributed by atoms with Gasteiger partial charge in [0.05, 0.1) is 23.7 Å². The summed E-state index contributed by atoms with van der Waals surface area (Å²) in [5.74, 6) is 0.823. The molecule has 2 unspecified atom stereocenters. The van der Waals surface area contributed by atoms with Crippen molar-refractivity contribution in [1.82, 2.24) is 10.2 Å². The van der Waals surface area contributed by atoms with Crippen LogP contribution in [-0.2, 0) is 20.9 Å². The molecule has 0 fully saturated rings. The van der Waals surface area contributed by atoms with E-state index in [0.29, 0.717) is 27.9 Å². The molecule has 7 nitrogen and oxygen atoms in total. The second kappa shape index (κ2) is 12.9. The molecule has 3 aromatic rings. The molecule has 5 rings (SSSR count). The smallest absolute Gasteiger partial charge is 0.338 e. The molecule has 0 saturated carbocycles. The lowest BCUT2D eigenvalue weighted by Crippen LogP contribution is -2.39. The first kappa shape index (κ1) is 28.2. The first-order valence-corrected chi connectivity index (χ1v) is 14.6. The monoisotopic (exact) mass is 567 g/mol. The summed E-state index contributed by atoms with van der Waals surface area (Å²) in [6.45, 7) is 5.99. The van der Waals surface area contributed by atoms with Gasteiger partial charge in [0.1, 0.15) is 18.1 Å². The van der Waals surface area contributed by atoms with E-state index in [-0.39, 0.29) is 25.0 Å². The predicted octanol–water partition coefficient (Wildman–Crippen LogP) is 7.10. The van der Waals surface area contributed by atoms with Gasteiger partial charge in [-0.2, -0.15) is 0 Å². The zero-order chi connectivity index (χ0) is 28.8. The van der Waals surface area contributed by atoms with Crippen LogP contribution in [0.3, 0.4) is 0 Å². The van der Waals surface area contributed by atoms with Gasteiger partial charge >= 0.3 is 5.97 Å². The lowest BCUT2D eigenvalue weighted by Gasteiger charge is -2.36. The number of carbonyl (C=O) groups is 2. The molecule has 0 spiro atoms. The number of para-hydroxylation sites is 1. The minimum atomic E-state index is -0.553. The SMILES string of the molecule is CCC(C)NC(=O)CC1=CSC2=NC(C)=C(C(=O)OCc3ccccc3)C(c3cccc(Oc4ccccc4)c3)N12. The average molecular weight is 568 g/mol. The van der Waals surface area contributed by atoms with Crippen molar-refractivity contribution in [2.75, 3.05) is 0 Å². The number of fused-ring (bicyclic) bond motifs is 1. The van der Waals surface area contributed by atoms with Gasteiger partial charge in [-0.05, 0) is 61.1 Å². The van der Waals surface area contributed by atoms with E-state index in [1.807, 2.05) is 116 Å². The highest BCUT2D eigenvalue weighted by atomic mass is 32.2. The third kappa shape index (κ3) is 6.72. The van der Waals surface area contributed by atoms with Gasteiger partial charge in [0.25, 0.3) is 0 Å². The fraction of sp³-hybridized carbons (Fsp3) is 0.242. The summed E-state index contributed by atoms with van der Waals surface area (Å²) in [5, 5.41) is 5.70. The highest BCUT2D eigenvalue weighted by Crippen LogP contribution is 2.45. The maximum atomic E-state index is 13.7. The number of hydrogen-bond donors (Lipinski definition) is 1. The number of carbonyl (C=O) groups excluding carboxylic acids is 2. The molecule has 210 valence electrons. The number of nitrogens with one attached hydrogen (secondary N) is 1. The molecule has 0 radical (unpaired) electrons. The first-order chi connectivity index (χ1) is 19.9. The van der Waals surface area contributed by atoms with Gasteiger partial charge in [-0.25, -0.2) is 9.79 Å². The van der Waals surface area contributed by atoms with Crippen LogP contribution in [0.4, 0.5) is 0 Å². The Hall–Kier alpha value is -4.30. The van der Waals surface area contributed by atoms with Crippen molar-refractivity contribution < 1.29 is 19.1 Å². The number of rotatable bonds is 10. The Morgan fingerprint density at radius 3 is 2.44 bits per heavy atom. The number of esters is 1. The Kier molecular flexibility index (Phi) is 8.89. The molecule has 41 heavy (non-hydrogen) atoms. The van der Waals surface area contributed by atoms with Crippen molar-refractivity contribution in [2.45, 2.75) is 52.3 Å². The minimum Gasteiger partial charge on any atom is -0.457 e. The van der Waals surface area contributed by atoms with Crippen LogP contribution >= 0.6 is 11.8 Å². The molecule has 3 aromatic carbocycles. The maximum absolute atomic E-state index is 13.7. The number of benzene rings is 3. The zero-order valence-corrected chi connectivity index (χ0v) is 24.2. The summed E-state index contributed by atoms with van der Waals surface area (Å²) >= 11 is 1.45. The zero-order valence-electron chi connectivity index (χ0n) is 23.4. The number of amidine groups is 1. The molecular formula is C33H33N3O4S. The van der Waals surface area contributed by atoms with Gasteiger partial charge in [-0.3, -0.25) is 4.79 Å². The average Bonchev–Trinajstić information content (AvgIpc) is 3.37. The Morgan fingerprint density at radius 2 is 1.71 bits per heavy atom. The van der Waals surface area contributed by atoms with E-state index in [0.717, 1.165) is 23.2 Å². The van der Waals surface area contributed by atoms with E-state index in [1.54, 1.807) is 0 Å². The summed E-state index contributed by atoms with van der Waals surface area (Å²) in [6, 6.07) is 26.3. The Labute approximate surface area is 245 Å². The van der Waals surface area contributed by atoms with E-state index in [9.17, 15) is 9.59 Å². The molecule has 2 aliphatic heterocycles. The van der Waals surface area contributed by atoms with Crippen molar-refractivity contribution in [1.29, 1.82) is 0 Å². The van der Waals surface area contributed by atoms with Gasteiger partial charge in [-0.1, -0.05) is 79.3 Å². The van der Waals surface area contributed by atoms with E-state index < -0.39 is 12.0 Å². The molecule has 0 aliphatic carbocycles. The van der Waals surface area contributed by atoms with Gasteiger partial charge in [0.2, 0.25) is 5.91 Å². The maximum Gasteiger partial charge on any atom is 0.338 e. The number of hydrogen-bond acceptors (Lipinski definition) is 7. The lowest BCUT2D eigenvalue weighted by molar-refractivity contribution is -0.141. The normalized spacial score (nSPS) is 16.9. The Morgan fingerprint density at radius 1 is 1.00 bits per heavy atom. The van der Waals surface area contributed by atoms with Crippen LogP contribution in [0.5, 0.6) is 11.5 Å². The standard InChI is InChI=1S/C33H33N3O4S/c1-4-22(2)34-29(37)19-26-21-41-33-35-23(3)30(32(38)39-20-24-12-7-5-8-13-24)31(36(26)33)25-14-11-17-28(18-25)40-27-15-9-6-10-16-27/h5-18,21-22,31H,4,19-20H2,1-3H3,(H,34,37). The second-order valence-electron chi connectivity index (χ2n) is 10.00. The van der Waals surface area contributed by atoms with Gasteiger partial charge < -0.3 is 19.7 Å². The molecule has 0 bridgehead atoms. The van der Waals surface area contributed by atoms with Crippen molar-refractivity contribution in [2.24, 2.45) is 4.99 Å². The van der Waals surface area contributed by atoms with Crippen molar-refractivity contribution >= 4 is 28.8 Å². The highest BCUT2D eigenvalue weighted by molar-refractivity contribution is 8.16. The van der Waals surface area contributed by atoms with Crippen LogP contribution in [0.2, 0.25) is 0 Å². The van der Waals surface area contributed by atoms with Crippen LogP contribution in [0.15, 0.2) is 112 Å². The summed E-state index contributed by atoms with van der Waals surface area (Å²) in [5.41, 5.74) is 3.51. The topological polar surface area (TPSA) is 80.2 Å². The van der Waals surface area contributed by atoms with Crippen LogP contribution in [0.1, 0.15) is 50.8 Å². The van der Waals surface area contributed by atoms with Crippen molar-refractivity contribution in [3.63, 3.8) is 0 Å². The van der Waals surface area contributed by atoms with Gasteiger partial charge in [0, 0.05) is 11.7 Å². The largest absolute Gasteiger partial charge is 0.457 e. The second-order valence-corrected chi connectivity index (χ2v) is 10.8. The van der Waals surface area contributed by atoms with Crippen LogP contribution < -0.4 is 10.1 Å². The number of allylic oxidation sites excluding steroid dienone is 1. The Bertz CT molecular complexity index is 1500. The fourth-order valence-electron chi connectivity index (χ4n) is 4.71. The molecule has 1 amide bonds. The van der Waals surface area contributed by atoms with E-state index in [2.05, 4.69) is 5.32 Å². The molecule has 1 N–H and O–H groups in total. The number of nitrogens with zero attached hydrogens (tertiary/aromatic N) is 2. The molecule has 0 aromatic heterocycles. The van der Waals surface area contributed by atoms with Crippen molar-refractivity contribution in [3.8, 4) is 11.5 Å². The number of amides is 1. The number of aliphatic imine (C=N–C) groups is 1. The van der Waals surface area contributed by atoms with Crippen molar-refractivity contribution in [3.05, 3.63) is 118 Å². The van der Waals surface area contributed by atoms with Gasteiger partial charge in [-0.15, -0.1) is 0 Å². The van der Waals surface area contributed by atoms with E-state index in [1.165, 1.54) is 11.8 Å². The molecule has 2 atom stereocenters. The third-order valence-corrected chi connectivity index (χ3v) is 7.84. The highest BCUT2D eigenvalue weighted by Gasteiger charge is 2.41. The molecule has 0 saturated heterocycles. The number of ether oxygens (including phenoxy) is 2. The molecule has 2 heterocycles. The minimum absolute atomic E-state index is 0.0694. The third-order valence-electron chi connectivity index (χ3n) is 6.95. The summed E-state index contributed by atoms with van der Waals surface area (Å²) in [6.07, 6.45) is 1.00. The van der Waals surface area contributed by atoms with Crippen LogP contribution in [-0.4, -0.2) is 28.0 Å². The predicted molar refractivity (Wildman–Crippen MR) is 162 cm³/mol. The molecular weight excluding hydrogens is 534 g/mol. The lowest BCUT2D eigenvalue weighted by atomic mass is 9.93. The summed E-state index contributed by atoms with van der Waals surface area (Å²) in [7, 11) is 0. The van der Waals surface area contributed by atoms with Gasteiger partial charge in [0.15, 0.2) is 5.17 Å². The van der Waals surface area contributed by atoms with E-state index in [4.69, 9.17) is 14.5 Å². The number of thioether (sulfide) groups is 1. The fourth-order valence-corrected chi connectivity index (χ4v) is 5.68. The molecule has 8 heteroatoms. The van der Waals surface area contributed by atoms with Crippen LogP contribution in [0, 0.1) is 0 Å². The summed E-state index contributed by atoms with van der Waals surface area (Å²) < 4.78 is 11.9. The Balaban J connectivity index is 1.49. The first-order valence-electron chi connectivity index (χ1n) is 13.7. The quantitative estimate of drug-likeness (QED) is 0.263.